The number of hydrogen-bond donors (Lipinski definition) is 1. The summed E-state index contributed by atoms with van der Waals surface area (Å²) >= 11 is 3.36. The fourth-order valence-corrected chi connectivity index (χ4v) is 1.60. The molecule has 2 N–H and O–H groups in total. The van der Waals surface area contributed by atoms with Crippen molar-refractivity contribution >= 4 is 32.8 Å². The second kappa shape index (κ2) is 2.96. The first-order chi connectivity index (χ1) is 6.16. The van der Waals surface area contributed by atoms with E-state index in [0.717, 1.165) is 15.4 Å². The number of aryl methyl sites for hydroxylation is 1. The summed E-state index contributed by atoms with van der Waals surface area (Å²) in [6.45, 7) is 1.99. The molecule has 0 unspecified atom stereocenters. The van der Waals surface area contributed by atoms with Gasteiger partial charge in [-0.05, 0) is 40.5 Å². The number of nitrogen functional groups attached to an aromatic ring is 1. The third-order valence-corrected chi connectivity index (χ3v) is 2.29. The summed E-state index contributed by atoms with van der Waals surface area (Å²) < 4.78 is 0.953. The molecular formula is C9H8BrN3. The van der Waals surface area contributed by atoms with Crippen LogP contribution in [0.4, 0.5) is 5.82 Å². The van der Waals surface area contributed by atoms with Gasteiger partial charge in [-0.15, -0.1) is 0 Å². The Morgan fingerprint density at radius 2 is 2.15 bits per heavy atom. The van der Waals surface area contributed by atoms with Gasteiger partial charge in [-0.2, -0.15) is 0 Å². The molecule has 0 bridgehead atoms. The highest BCUT2D eigenvalue weighted by molar-refractivity contribution is 9.10. The van der Waals surface area contributed by atoms with Gasteiger partial charge in [0.25, 0.3) is 0 Å². The van der Waals surface area contributed by atoms with Gasteiger partial charge in [-0.1, -0.05) is 0 Å². The third kappa shape index (κ3) is 1.49. The van der Waals surface area contributed by atoms with Gasteiger partial charge in [0.2, 0.25) is 0 Å². The molecule has 0 spiro atoms. The average molecular weight is 238 g/mol. The number of fused-ring (bicyclic) bond motifs is 1. The third-order valence-electron chi connectivity index (χ3n) is 1.86. The first-order valence-electron chi connectivity index (χ1n) is 3.85. The maximum absolute atomic E-state index is 5.60. The van der Waals surface area contributed by atoms with Crippen LogP contribution in [0.5, 0.6) is 0 Å². The fraction of sp³-hybridized carbons (Fsp3) is 0.111. The molecule has 2 heterocycles. The SMILES string of the molecule is Cc1cc(N)nc2ncc(Br)cc12. The van der Waals surface area contributed by atoms with Crippen molar-refractivity contribution in [2.75, 3.05) is 5.73 Å². The van der Waals surface area contributed by atoms with Crippen molar-refractivity contribution in [3.63, 3.8) is 0 Å². The summed E-state index contributed by atoms with van der Waals surface area (Å²) in [5.74, 6) is 0.514. The van der Waals surface area contributed by atoms with E-state index in [1.807, 2.05) is 19.1 Å². The Hall–Kier alpha value is -1.16. The summed E-state index contributed by atoms with van der Waals surface area (Å²) in [4.78, 5) is 8.29. The molecule has 2 aromatic heterocycles. The highest BCUT2D eigenvalue weighted by Crippen LogP contribution is 2.20. The molecule has 0 aliphatic heterocycles. The van der Waals surface area contributed by atoms with Gasteiger partial charge in [0.15, 0.2) is 5.65 Å². The van der Waals surface area contributed by atoms with Gasteiger partial charge in [0.1, 0.15) is 5.82 Å². The van der Waals surface area contributed by atoms with Gasteiger partial charge >= 0.3 is 0 Å². The summed E-state index contributed by atoms with van der Waals surface area (Å²) in [6.07, 6.45) is 1.72. The van der Waals surface area contributed by atoms with Crippen LogP contribution in [0.25, 0.3) is 11.0 Å². The summed E-state index contributed by atoms with van der Waals surface area (Å²) in [5.41, 5.74) is 7.39. The van der Waals surface area contributed by atoms with Crippen molar-refractivity contribution in [1.82, 2.24) is 9.97 Å². The van der Waals surface area contributed by atoms with Crippen molar-refractivity contribution in [3.8, 4) is 0 Å². The molecule has 0 amide bonds. The first kappa shape index (κ1) is 8.44. The van der Waals surface area contributed by atoms with Crippen LogP contribution in [0.15, 0.2) is 22.8 Å². The molecule has 2 aromatic rings. The molecule has 0 aliphatic rings. The molecule has 4 heteroatoms. The van der Waals surface area contributed by atoms with E-state index in [0.29, 0.717) is 11.5 Å². The van der Waals surface area contributed by atoms with Gasteiger partial charge in [-0.3, -0.25) is 0 Å². The Kier molecular flexibility index (Phi) is 1.92. The molecule has 0 atom stereocenters. The molecular weight excluding hydrogens is 230 g/mol. The molecule has 0 saturated heterocycles. The Labute approximate surface area is 84.1 Å². The highest BCUT2D eigenvalue weighted by Gasteiger charge is 2.01. The van der Waals surface area contributed by atoms with E-state index in [9.17, 15) is 0 Å². The van der Waals surface area contributed by atoms with E-state index < -0.39 is 0 Å². The Morgan fingerprint density at radius 3 is 2.92 bits per heavy atom. The predicted octanol–water partition coefficient (Wildman–Crippen LogP) is 2.28. The van der Waals surface area contributed by atoms with Crippen molar-refractivity contribution in [2.45, 2.75) is 6.92 Å². The minimum atomic E-state index is 0.514. The largest absolute Gasteiger partial charge is 0.384 e. The first-order valence-corrected chi connectivity index (χ1v) is 4.64. The monoisotopic (exact) mass is 237 g/mol. The van der Waals surface area contributed by atoms with Gasteiger partial charge in [0, 0.05) is 16.1 Å². The van der Waals surface area contributed by atoms with Gasteiger partial charge in [0.05, 0.1) is 0 Å². The maximum atomic E-state index is 5.60. The molecule has 0 saturated carbocycles. The molecule has 0 aliphatic carbocycles. The van der Waals surface area contributed by atoms with Crippen LogP contribution in [-0.4, -0.2) is 9.97 Å². The molecule has 66 valence electrons. The van der Waals surface area contributed by atoms with E-state index in [2.05, 4.69) is 25.9 Å². The van der Waals surface area contributed by atoms with E-state index in [-0.39, 0.29) is 0 Å². The van der Waals surface area contributed by atoms with Crippen LogP contribution in [0, 0.1) is 6.92 Å². The number of halogens is 1. The van der Waals surface area contributed by atoms with Gasteiger partial charge < -0.3 is 5.73 Å². The standard InChI is InChI=1S/C9H8BrN3/c1-5-2-8(11)13-9-7(5)3-6(10)4-12-9/h2-4H,1H3,(H2,11,12,13). The number of rotatable bonds is 0. The lowest BCUT2D eigenvalue weighted by Gasteiger charge is -2.02. The average Bonchev–Trinajstić information content (AvgIpc) is 2.06. The number of anilines is 1. The lowest BCUT2D eigenvalue weighted by Crippen LogP contribution is -1.94. The van der Waals surface area contributed by atoms with Crippen LogP contribution in [-0.2, 0) is 0 Å². The smallest absolute Gasteiger partial charge is 0.161 e. The molecule has 0 fully saturated rings. The summed E-state index contributed by atoms with van der Waals surface area (Å²) in [5, 5.41) is 1.03. The van der Waals surface area contributed by atoms with Crippen LogP contribution in [0.3, 0.4) is 0 Å². The van der Waals surface area contributed by atoms with Crippen molar-refractivity contribution in [2.24, 2.45) is 0 Å². The minimum Gasteiger partial charge on any atom is -0.384 e. The van der Waals surface area contributed by atoms with E-state index in [1.54, 1.807) is 6.20 Å². The number of nitrogens with two attached hydrogens (primary N) is 1. The van der Waals surface area contributed by atoms with E-state index in [1.165, 1.54) is 0 Å². The van der Waals surface area contributed by atoms with Crippen molar-refractivity contribution in [3.05, 3.63) is 28.4 Å². The van der Waals surface area contributed by atoms with E-state index >= 15 is 0 Å². The number of aromatic nitrogens is 2. The zero-order valence-electron chi connectivity index (χ0n) is 7.08. The summed E-state index contributed by atoms with van der Waals surface area (Å²) in [6, 6.07) is 3.83. The molecule has 0 aromatic carbocycles. The fourth-order valence-electron chi connectivity index (χ4n) is 1.27. The Morgan fingerprint density at radius 1 is 1.38 bits per heavy atom. The van der Waals surface area contributed by atoms with Crippen LogP contribution >= 0.6 is 15.9 Å². The molecule has 3 nitrogen and oxygen atoms in total. The van der Waals surface area contributed by atoms with Crippen molar-refractivity contribution in [1.29, 1.82) is 0 Å². The summed E-state index contributed by atoms with van der Waals surface area (Å²) in [7, 11) is 0. The van der Waals surface area contributed by atoms with Crippen LogP contribution in [0.1, 0.15) is 5.56 Å². The minimum absolute atomic E-state index is 0.514. The lowest BCUT2D eigenvalue weighted by molar-refractivity contribution is 1.27. The number of nitrogens with zero attached hydrogens (tertiary/aromatic N) is 2. The zero-order valence-corrected chi connectivity index (χ0v) is 8.67. The second-order valence-electron chi connectivity index (χ2n) is 2.89. The lowest BCUT2D eigenvalue weighted by atomic mass is 10.2. The zero-order chi connectivity index (χ0) is 9.42. The molecule has 13 heavy (non-hydrogen) atoms. The van der Waals surface area contributed by atoms with Crippen LogP contribution < -0.4 is 5.73 Å². The van der Waals surface area contributed by atoms with Gasteiger partial charge in [-0.25, -0.2) is 9.97 Å². The predicted molar refractivity (Wildman–Crippen MR) is 56.4 cm³/mol. The normalized spacial score (nSPS) is 10.6. The number of pyridine rings is 2. The molecule has 0 radical (unpaired) electrons. The maximum Gasteiger partial charge on any atom is 0.161 e. The number of hydrogen-bond acceptors (Lipinski definition) is 3. The Bertz CT molecular complexity index is 468. The van der Waals surface area contributed by atoms with Crippen LogP contribution in [0.2, 0.25) is 0 Å². The topological polar surface area (TPSA) is 51.8 Å². The van der Waals surface area contributed by atoms with E-state index in [4.69, 9.17) is 5.73 Å². The highest BCUT2D eigenvalue weighted by atomic mass is 79.9. The molecule has 2 rings (SSSR count). The Balaban J connectivity index is 2.87. The quantitative estimate of drug-likeness (QED) is 0.765. The van der Waals surface area contributed by atoms with Crippen molar-refractivity contribution < 1.29 is 0 Å². The second-order valence-corrected chi connectivity index (χ2v) is 3.80.